The summed E-state index contributed by atoms with van der Waals surface area (Å²) in [5.41, 5.74) is -1.06. The molecule has 1 heterocycles. The Balaban J connectivity index is 1.63. The van der Waals surface area contributed by atoms with Gasteiger partial charge in [-0.2, -0.15) is 0 Å². The van der Waals surface area contributed by atoms with Gasteiger partial charge in [-0.1, -0.05) is 6.07 Å². The average molecular weight is 504 g/mol. The Kier molecular flexibility index (Phi) is 6.46. The molecular formula is C26H21F5N2O3. The van der Waals surface area contributed by atoms with Gasteiger partial charge in [-0.3, -0.25) is 9.59 Å². The Morgan fingerprint density at radius 2 is 1.50 bits per heavy atom. The van der Waals surface area contributed by atoms with Crippen LogP contribution in [0.15, 0.2) is 42.5 Å². The molecule has 1 aliphatic rings. The molecule has 10 heteroatoms. The maximum Gasteiger partial charge on any atom is 0.251 e. The molecule has 1 N–H and O–H groups in total. The molecule has 0 aromatic heterocycles. The van der Waals surface area contributed by atoms with Gasteiger partial charge in [0.25, 0.3) is 5.91 Å². The van der Waals surface area contributed by atoms with Gasteiger partial charge in [-0.05, 0) is 31.5 Å². The van der Waals surface area contributed by atoms with Crippen molar-refractivity contribution in [3.63, 3.8) is 0 Å². The molecular weight excluding hydrogens is 483 g/mol. The third kappa shape index (κ3) is 4.38. The Morgan fingerprint density at radius 1 is 0.917 bits per heavy atom. The van der Waals surface area contributed by atoms with Crippen molar-refractivity contribution in [2.75, 3.05) is 12.0 Å². The van der Waals surface area contributed by atoms with Crippen LogP contribution in [-0.4, -0.2) is 18.9 Å². The van der Waals surface area contributed by atoms with Gasteiger partial charge in [-0.15, -0.1) is 0 Å². The zero-order valence-corrected chi connectivity index (χ0v) is 19.5. The number of methoxy groups -OCH3 is 1. The summed E-state index contributed by atoms with van der Waals surface area (Å²) in [7, 11) is 1.27. The molecule has 3 aromatic rings. The van der Waals surface area contributed by atoms with Crippen LogP contribution in [0.5, 0.6) is 5.75 Å². The number of carbonyl (C=O) groups is 2. The van der Waals surface area contributed by atoms with Crippen molar-refractivity contribution in [3.05, 3.63) is 93.8 Å². The molecule has 4 rings (SSSR count). The number of ether oxygens (including phenoxy) is 1. The number of nitrogens with one attached hydrogen (secondary N) is 1. The fourth-order valence-electron chi connectivity index (χ4n) is 4.16. The van der Waals surface area contributed by atoms with Crippen molar-refractivity contribution in [1.29, 1.82) is 0 Å². The zero-order valence-electron chi connectivity index (χ0n) is 19.5. The fraction of sp³-hybridized carbons (Fsp3) is 0.231. The van der Waals surface area contributed by atoms with Gasteiger partial charge in [-0.25, -0.2) is 22.0 Å². The number of rotatable bonds is 6. The van der Waals surface area contributed by atoms with E-state index in [2.05, 4.69) is 5.32 Å². The van der Waals surface area contributed by atoms with Crippen LogP contribution in [0.25, 0.3) is 0 Å². The van der Waals surface area contributed by atoms with Crippen LogP contribution in [0.2, 0.25) is 0 Å². The highest BCUT2D eigenvalue weighted by atomic mass is 19.2. The van der Waals surface area contributed by atoms with E-state index in [9.17, 15) is 31.5 Å². The summed E-state index contributed by atoms with van der Waals surface area (Å²) < 4.78 is 75.0. The van der Waals surface area contributed by atoms with Gasteiger partial charge in [0, 0.05) is 53.2 Å². The van der Waals surface area contributed by atoms with Crippen molar-refractivity contribution < 1.29 is 36.3 Å². The summed E-state index contributed by atoms with van der Waals surface area (Å²) in [5, 5.41) is 2.36. The molecule has 2 amide bonds. The Labute approximate surface area is 203 Å². The van der Waals surface area contributed by atoms with E-state index >= 15 is 0 Å². The number of hydrogen-bond acceptors (Lipinski definition) is 3. The number of benzene rings is 3. The minimum atomic E-state index is -1.15. The van der Waals surface area contributed by atoms with Crippen molar-refractivity contribution in [1.82, 2.24) is 5.32 Å². The van der Waals surface area contributed by atoms with E-state index in [1.807, 2.05) is 0 Å². The third-order valence-electron chi connectivity index (χ3n) is 6.20. The Bertz CT molecular complexity index is 1340. The first-order chi connectivity index (χ1) is 16.9. The summed E-state index contributed by atoms with van der Waals surface area (Å²) in [6, 6.07) is 7.35. The van der Waals surface area contributed by atoms with E-state index in [0.717, 1.165) is 12.1 Å². The summed E-state index contributed by atoms with van der Waals surface area (Å²) in [6.07, 6.45) is 0. The molecule has 5 nitrogen and oxygen atoms in total. The molecule has 0 radical (unpaired) electrons. The number of halogens is 5. The smallest absolute Gasteiger partial charge is 0.251 e. The predicted octanol–water partition coefficient (Wildman–Crippen LogP) is 5.15. The van der Waals surface area contributed by atoms with Gasteiger partial charge in [0.1, 0.15) is 34.8 Å². The highest BCUT2D eigenvalue weighted by molar-refractivity contribution is 6.09. The van der Waals surface area contributed by atoms with E-state index in [1.54, 1.807) is 19.9 Å². The molecule has 1 aliphatic heterocycles. The Morgan fingerprint density at radius 3 is 2.08 bits per heavy atom. The maximum absolute atomic E-state index is 14.6. The van der Waals surface area contributed by atoms with E-state index in [-0.39, 0.29) is 22.6 Å². The second-order valence-electron chi connectivity index (χ2n) is 8.85. The van der Waals surface area contributed by atoms with E-state index in [1.165, 1.54) is 24.1 Å². The molecule has 188 valence electrons. The first-order valence-corrected chi connectivity index (χ1v) is 10.8. The SMILES string of the molecule is COc1cc(F)c(CN2C(=O)C(C)(C)c3ccc(C(=O)NCc4c(F)cc(F)cc4F)cc32)c(F)c1. The summed E-state index contributed by atoms with van der Waals surface area (Å²) in [5.74, 6) is -6.36. The number of amides is 2. The number of nitrogens with zero attached hydrogens (tertiary/aromatic N) is 1. The van der Waals surface area contributed by atoms with Crippen LogP contribution in [0.3, 0.4) is 0 Å². The van der Waals surface area contributed by atoms with Crippen LogP contribution in [0.1, 0.15) is 40.9 Å². The average Bonchev–Trinajstić information content (AvgIpc) is 3.00. The highest BCUT2D eigenvalue weighted by Crippen LogP contribution is 2.43. The van der Waals surface area contributed by atoms with Crippen molar-refractivity contribution in [2.45, 2.75) is 32.4 Å². The second-order valence-corrected chi connectivity index (χ2v) is 8.85. The van der Waals surface area contributed by atoms with Crippen LogP contribution in [0, 0.1) is 29.1 Å². The molecule has 0 spiro atoms. The molecule has 0 atom stereocenters. The number of anilines is 1. The van der Waals surface area contributed by atoms with Crippen LogP contribution in [-0.2, 0) is 23.3 Å². The highest BCUT2D eigenvalue weighted by Gasteiger charge is 2.44. The second kappa shape index (κ2) is 9.25. The van der Waals surface area contributed by atoms with E-state index < -0.39 is 65.0 Å². The quantitative estimate of drug-likeness (QED) is 0.473. The summed E-state index contributed by atoms with van der Waals surface area (Å²) in [4.78, 5) is 27.1. The number of carbonyl (C=O) groups excluding carboxylic acids is 2. The normalized spacial score (nSPS) is 14.1. The predicted molar refractivity (Wildman–Crippen MR) is 121 cm³/mol. The first-order valence-electron chi connectivity index (χ1n) is 10.8. The maximum atomic E-state index is 14.6. The van der Waals surface area contributed by atoms with Gasteiger partial charge in [0.15, 0.2) is 0 Å². The van der Waals surface area contributed by atoms with Crippen molar-refractivity contribution in [3.8, 4) is 5.75 Å². The van der Waals surface area contributed by atoms with Gasteiger partial charge >= 0.3 is 0 Å². The molecule has 0 unspecified atom stereocenters. The number of fused-ring (bicyclic) bond motifs is 1. The largest absolute Gasteiger partial charge is 0.497 e. The fourth-order valence-corrected chi connectivity index (χ4v) is 4.16. The molecule has 0 aliphatic carbocycles. The van der Waals surface area contributed by atoms with E-state index in [4.69, 9.17) is 4.74 Å². The minimum absolute atomic E-state index is 0.0183. The van der Waals surface area contributed by atoms with Crippen molar-refractivity contribution in [2.24, 2.45) is 0 Å². The van der Waals surface area contributed by atoms with Gasteiger partial charge in [0.05, 0.1) is 19.1 Å². The van der Waals surface area contributed by atoms with E-state index in [0.29, 0.717) is 17.7 Å². The third-order valence-corrected chi connectivity index (χ3v) is 6.20. The number of hydrogen-bond donors (Lipinski definition) is 1. The lowest BCUT2D eigenvalue weighted by Crippen LogP contribution is -2.36. The first kappa shape index (κ1) is 25.2. The lowest BCUT2D eigenvalue weighted by molar-refractivity contribution is -0.122. The molecule has 3 aromatic carbocycles. The van der Waals surface area contributed by atoms with Crippen LogP contribution < -0.4 is 15.0 Å². The summed E-state index contributed by atoms with van der Waals surface area (Å²) in [6.45, 7) is 2.31. The molecule has 0 saturated heterocycles. The minimum Gasteiger partial charge on any atom is -0.497 e. The zero-order chi connectivity index (χ0) is 26.4. The van der Waals surface area contributed by atoms with Crippen molar-refractivity contribution >= 4 is 17.5 Å². The summed E-state index contributed by atoms with van der Waals surface area (Å²) >= 11 is 0. The van der Waals surface area contributed by atoms with Crippen LogP contribution >= 0.6 is 0 Å². The Hall–Kier alpha value is -3.95. The lowest BCUT2D eigenvalue weighted by Gasteiger charge is -2.21. The van der Waals surface area contributed by atoms with Crippen LogP contribution in [0.4, 0.5) is 27.6 Å². The molecule has 36 heavy (non-hydrogen) atoms. The van der Waals surface area contributed by atoms with Gasteiger partial charge in [0.2, 0.25) is 5.91 Å². The molecule has 0 fully saturated rings. The monoisotopic (exact) mass is 504 g/mol. The molecule has 0 saturated carbocycles. The lowest BCUT2D eigenvalue weighted by atomic mass is 9.86. The topological polar surface area (TPSA) is 58.6 Å². The van der Waals surface area contributed by atoms with Gasteiger partial charge < -0.3 is 15.0 Å². The molecule has 0 bridgehead atoms. The standard InChI is InChI=1S/C26H21F5N2O3/c1-26(2)18-5-4-13(24(34)32-11-16-19(28)7-14(27)8-20(16)29)6-23(18)33(25(26)35)12-17-21(30)9-15(36-3)10-22(17)31/h4-10H,11-12H2,1-3H3,(H,32,34).